The summed E-state index contributed by atoms with van der Waals surface area (Å²) in [7, 11) is 1.91. The molecule has 0 saturated heterocycles. The third-order valence-corrected chi connectivity index (χ3v) is 5.02. The lowest BCUT2D eigenvalue weighted by molar-refractivity contribution is -0.117. The summed E-state index contributed by atoms with van der Waals surface area (Å²) < 4.78 is 0. The zero-order valence-electron chi connectivity index (χ0n) is 14.7. The smallest absolute Gasteiger partial charge is 0.238 e. The number of amides is 1. The molecule has 1 aromatic heterocycles. The van der Waals surface area contributed by atoms with Gasteiger partial charge in [-0.3, -0.25) is 9.69 Å². The van der Waals surface area contributed by atoms with E-state index in [1.807, 2.05) is 72.8 Å². The van der Waals surface area contributed by atoms with E-state index in [-0.39, 0.29) is 5.91 Å². The monoisotopic (exact) mass is 385 g/mol. The fourth-order valence-corrected chi connectivity index (χ4v) is 3.46. The highest BCUT2D eigenvalue weighted by Gasteiger charge is 2.11. The van der Waals surface area contributed by atoms with Gasteiger partial charge in [0.05, 0.1) is 12.2 Å². The third kappa shape index (κ3) is 5.14. The van der Waals surface area contributed by atoms with Crippen LogP contribution in [0, 0.1) is 6.92 Å². The Kier molecular flexibility index (Phi) is 6.04. The van der Waals surface area contributed by atoms with Gasteiger partial charge in [-0.2, -0.15) is 0 Å². The van der Waals surface area contributed by atoms with Gasteiger partial charge in [-0.25, -0.2) is 4.98 Å². The van der Waals surface area contributed by atoms with Crippen LogP contribution >= 0.6 is 22.9 Å². The lowest BCUT2D eigenvalue weighted by Gasteiger charge is -2.15. The van der Waals surface area contributed by atoms with E-state index in [0.717, 1.165) is 22.0 Å². The van der Waals surface area contributed by atoms with Crippen LogP contribution in [-0.4, -0.2) is 29.4 Å². The number of hydrogen-bond acceptors (Lipinski definition) is 4. The number of nitrogens with zero attached hydrogens (tertiary/aromatic N) is 2. The van der Waals surface area contributed by atoms with Gasteiger partial charge in [-0.1, -0.05) is 41.4 Å². The first kappa shape index (κ1) is 18.6. The maximum atomic E-state index is 12.2. The van der Waals surface area contributed by atoms with Gasteiger partial charge in [0.1, 0.15) is 5.01 Å². The van der Waals surface area contributed by atoms with Crippen LogP contribution in [0.3, 0.4) is 0 Å². The van der Waals surface area contributed by atoms with Crippen LogP contribution in [0.2, 0.25) is 5.02 Å². The Morgan fingerprint density at radius 1 is 1.15 bits per heavy atom. The molecule has 0 atom stereocenters. The van der Waals surface area contributed by atoms with Crippen molar-refractivity contribution >= 4 is 34.5 Å². The number of hydrogen-bond donors (Lipinski definition) is 1. The molecule has 0 aliphatic carbocycles. The summed E-state index contributed by atoms with van der Waals surface area (Å²) in [6.07, 6.45) is 0. The fraction of sp³-hybridized carbons (Fsp3) is 0.200. The van der Waals surface area contributed by atoms with Gasteiger partial charge in [0.15, 0.2) is 0 Å². The number of likely N-dealkylation sites (N-methyl/N-ethyl adjacent to an activating group) is 1. The van der Waals surface area contributed by atoms with Crippen molar-refractivity contribution in [2.24, 2.45) is 0 Å². The highest BCUT2D eigenvalue weighted by Crippen LogP contribution is 2.25. The lowest BCUT2D eigenvalue weighted by Crippen LogP contribution is -2.29. The molecule has 0 radical (unpaired) electrons. The molecule has 1 amide bonds. The molecule has 0 spiro atoms. The number of nitrogens with one attached hydrogen (secondary N) is 1. The molecule has 1 heterocycles. The van der Waals surface area contributed by atoms with Crippen molar-refractivity contribution in [3.05, 3.63) is 70.2 Å². The zero-order valence-corrected chi connectivity index (χ0v) is 16.3. The first-order valence-corrected chi connectivity index (χ1v) is 9.51. The Morgan fingerprint density at radius 2 is 1.85 bits per heavy atom. The zero-order chi connectivity index (χ0) is 18.5. The minimum absolute atomic E-state index is 0.0375. The van der Waals surface area contributed by atoms with E-state index in [2.05, 4.69) is 10.3 Å². The number of thiazole rings is 1. The van der Waals surface area contributed by atoms with Crippen LogP contribution in [0.1, 0.15) is 11.3 Å². The van der Waals surface area contributed by atoms with Gasteiger partial charge in [0.2, 0.25) is 5.91 Å². The number of benzene rings is 2. The molecule has 0 fully saturated rings. The average Bonchev–Trinajstić information content (AvgIpc) is 3.05. The Hall–Kier alpha value is -2.21. The van der Waals surface area contributed by atoms with E-state index in [1.54, 1.807) is 11.3 Å². The molecule has 0 aliphatic rings. The summed E-state index contributed by atoms with van der Waals surface area (Å²) in [5, 5.41) is 6.60. The molecule has 0 saturated carbocycles. The lowest BCUT2D eigenvalue weighted by atomic mass is 10.2. The van der Waals surface area contributed by atoms with E-state index in [1.165, 1.54) is 5.56 Å². The Bertz CT molecular complexity index is 875. The van der Waals surface area contributed by atoms with Crippen molar-refractivity contribution in [3.8, 4) is 10.6 Å². The molecule has 4 nitrogen and oxygen atoms in total. The molecule has 26 heavy (non-hydrogen) atoms. The Balaban J connectivity index is 1.54. The number of carbonyl (C=O) groups excluding carboxylic acids is 1. The quantitative estimate of drug-likeness (QED) is 0.660. The van der Waals surface area contributed by atoms with Crippen molar-refractivity contribution < 1.29 is 4.79 Å². The summed E-state index contributed by atoms with van der Waals surface area (Å²) in [5.41, 5.74) is 3.98. The summed E-state index contributed by atoms with van der Waals surface area (Å²) >= 11 is 7.52. The van der Waals surface area contributed by atoms with Crippen LogP contribution in [-0.2, 0) is 11.3 Å². The second-order valence-corrected chi connectivity index (χ2v) is 7.53. The fourth-order valence-electron chi connectivity index (χ4n) is 2.52. The van der Waals surface area contributed by atoms with Crippen LogP contribution < -0.4 is 5.32 Å². The van der Waals surface area contributed by atoms with E-state index in [9.17, 15) is 4.79 Å². The van der Waals surface area contributed by atoms with E-state index in [4.69, 9.17) is 11.6 Å². The molecule has 134 valence electrons. The van der Waals surface area contributed by atoms with Gasteiger partial charge in [-0.15, -0.1) is 11.3 Å². The molecule has 0 bridgehead atoms. The maximum absolute atomic E-state index is 12.2. The first-order valence-electron chi connectivity index (χ1n) is 8.25. The first-order chi connectivity index (χ1) is 12.5. The van der Waals surface area contributed by atoms with Crippen molar-refractivity contribution in [2.75, 3.05) is 18.9 Å². The minimum atomic E-state index is -0.0375. The number of halogens is 1. The number of carbonyl (C=O) groups is 1. The third-order valence-electron chi connectivity index (χ3n) is 3.82. The van der Waals surface area contributed by atoms with E-state index in [0.29, 0.717) is 18.1 Å². The van der Waals surface area contributed by atoms with Gasteiger partial charge >= 0.3 is 0 Å². The van der Waals surface area contributed by atoms with Gasteiger partial charge < -0.3 is 5.32 Å². The molecule has 3 rings (SSSR count). The second-order valence-electron chi connectivity index (χ2n) is 6.24. The van der Waals surface area contributed by atoms with E-state index < -0.39 is 0 Å². The predicted octanol–water partition coefficient (Wildman–Crippen LogP) is 4.84. The molecule has 1 N–H and O–H groups in total. The van der Waals surface area contributed by atoms with Crippen molar-refractivity contribution in [1.29, 1.82) is 0 Å². The number of anilines is 1. The highest BCUT2D eigenvalue weighted by molar-refractivity contribution is 7.13. The van der Waals surface area contributed by atoms with Crippen LogP contribution in [0.5, 0.6) is 0 Å². The average molecular weight is 386 g/mol. The Labute approximate surface area is 162 Å². The second kappa shape index (κ2) is 8.45. The SMILES string of the molecule is Cc1ccc(NC(=O)CN(C)Cc2csc(-c3ccc(Cl)cc3)n2)cc1. The molecule has 0 aliphatic heterocycles. The molecule has 3 aromatic rings. The molecular formula is C20H20ClN3OS. The van der Waals surface area contributed by atoms with Gasteiger partial charge in [-0.05, 0) is 38.2 Å². The number of aryl methyl sites for hydroxylation is 1. The standard InChI is InChI=1S/C20H20ClN3OS/c1-14-3-9-17(10-4-14)22-19(25)12-24(2)11-18-13-26-20(23-18)15-5-7-16(21)8-6-15/h3-10,13H,11-12H2,1-2H3,(H,22,25). The summed E-state index contributed by atoms with van der Waals surface area (Å²) in [6, 6.07) is 15.4. The van der Waals surface area contributed by atoms with Crippen molar-refractivity contribution in [3.63, 3.8) is 0 Å². The van der Waals surface area contributed by atoms with Crippen LogP contribution in [0.4, 0.5) is 5.69 Å². The van der Waals surface area contributed by atoms with Crippen molar-refractivity contribution in [1.82, 2.24) is 9.88 Å². The van der Waals surface area contributed by atoms with Gasteiger partial charge in [0, 0.05) is 28.2 Å². The molecular weight excluding hydrogens is 366 g/mol. The summed E-state index contributed by atoms with van der Waals surface area (Å²) in [6.45, 7) is 2.94. The highest BCUT2D eigenvalue weighted by atomic mass is 35.5. The van der Waals surface area contributed by atoms with Crippen LogP contribution in [0.25, 0.3) is 10.6 Å². The van der Waals surface area contributed by atoms with Gasteiger partial charge in [0.25, 0.3) is 0 Å². The van der Waals surface area contributed by atoms with Crippen LogP contribution in [0.15, 0.2) is 53.9 Å². The van der Waals surface area contributed by atoms with E-state index >= 15 is 0 Å². The maximum Gasteiger partial charge on any atom is 0.238 e. The largest absolute Gasteiger partial charge is 0.325 e. The van der Waals surface area contributed by atoms with Crippen molar-refractivity contribution in [2.45, 2.75) is 13.5 Å². The number of aromatic nitrogens is 1. The molecule has 6 heteroatoms. The summed E-state index contributed by atoms with van der Waals surface area (Å²) in [5.74, 6) is -0.0375. The normalized spacial score (nSPS) is 10.9. The summed E-state index contributed by atoms with van der Waals surface area (Å²) in [4.78, 5) is 18.8. The Morgan fingerprint density at radius 3 is 2.54 bits per heavy atom. The predicted molar refractivity (Wildman–Crippen MR) is 109 cm³/mol. The molecule has 0 unspecified atom stereocenters. The topological polar surface area (TPSA) is 45.2 Å². The molecule has 2 aromatic carbocycles. The number of rotatable bonds is 6. The minimum Gasteiger partial charge on any atom is -0.325 e.